The van der Waals surface area contributed by atoms with Crippen molar-refractivity contribution in [2.75, 3.05) is 28.3 Å². The summed E-state index contributed by atoms with van der Waals surface area (Å²) in [6, 6.07) is -0.292. The summed E-state index contributed by atoms with van der Waals surface area (Å²) in [7, 11) is 6.72. The van der Waals surface area contributed by atoms with Gasteiger partial charge in [0.1, 0.15) is 23.6 Å². The van der Waals surface area contributed by atoms with Crippen molar-refractivity contribution in [3.05, 3.63) is 13.8 Å². The summed E-state index contributed by atoms with van der Waals surface area (Å²) in [4.78, 5) is 30.1. The van der Waals surface area contributed by atoms with Crippen molar-refractivity contribution in [1.29, 1.82) is 0 Å². The van der Waals surface area contributed by atoms with E-state index in [1.165, 1.54) is 21.1 Å². The molecule has 333 valence electrons. The summed E-state index contributed by atoms with van der Waals surface area (Å²) in [6.07, 6.45) is -7.22. The fraction of sp³-hybridized carbons (Fsp3) is 0.905. The average molecular weight is 893 g/mol. The van der Waals surface area contributed by atoms with Crippen LogP contribution in [-0.4, -0.2) is 149 Å². The summed E-state index contributed by atoms with van der Waals surface area (Å²) in [5.41, 5.74) is -6.07. The molecule has 0 saturated carbocycles. The molecule has 57 heavy (non-hydrogen) atoms. The van der Waals surface area contributed by atoms with Gasteiger partial charge in [-0.2, -0.15) is 6.42 Å². The van der Waals surface area contributed by atoms with E-state index in [-0.39, 0.29) is 69.9 Å². The molecule has 14 nitrogen and oxygen atoms in total. The second kappa shape index (κ2) is 22.2. The molecule has 3 heterocycles. The van der Waals surface area contributed by atoms with Crippen LogP contribution in [0.5, 0.6) is 0 Å². The van der Waals surface area contributed by atoms with Crippen LogP contribution in [0, 0.1) is 37.5 Å². The van der Waals surface area contributed by atoms with Gasteiger partial charge < -0.3 is 72.3 Å². The zero-order valence-electron chi connectivity index (χ0n) is 37.5. The summed E-state index contributed by atoms with van der Waals surface area (Å²) in [6.45, 7) is 26.4. The molecule has 18 atom stereocenters. The number of esters is 1. The molecule has 0 aromatic carbocycles. The van der Waals surface area contributed by atoms with E-state index >= 15 is 0 Å². The first-order valence-corrected chi connectivity index (χ1v) is 20.3. The fourth-order valence-corrected chi connectivity index (χ4v) is 8.64. The molecule has 0 aromatic heterocycles. The number of cyclic esters (lactones) is 1. The molecule has 17 unspecified atom stereocenters. The number of aliphatic hydroxyl groups excluding tert-OH is 2. The Kier molecular flexibility index (Phi) is 21.4. The quantitative estimate of drug-likeness (QED) is 0.204. The van der Waals surface area contributed by atoms with E-state index in [1.54, 1.807) is 48.5 Å². The predicted molar refractivity (Wildman–Crippen MR) is 211 cm³/mol. The van der Waals surface area contributed by atoms with Gasteiger partial charge in [0.15, 0.2) is 12.6 Å². The summed E-state index contributed by atoms with van der Waals surface area (Å²) in [5, 5.41) is 46.0. The van der Waals surface area contributed by atoms with Gasteiger partial charge in [-0.25, -0.2) is 0 Å². The molecule has 0 bridgehead atoms. The summed E-state index contributed by atoms with van der Waals surface area (Å²) in [5.74, 6) is -4.56. The van der Waals surface area contributed by atoms with Gasteiger partial charge in [0, 0.05) is 77.1 Å². The van der Waals surface area contributed by atoms with Crippen molar-refractivity contribution in [2.45, 2.75) is 192 Å². The van der Waals surface area contributed by atoms with Crippen LogP contribution in [0.15, 0.2) is 0 Å². The van der Waals surface area contributed by atoms with E-state index in [2.05, 4.69) is 13.8 Å². The molecule has 0 spiro atoms. The number of carbonyl (C=O) groups is 2. The Balaban J connectivity index is 0.00000393. The van der Waals surface area contributed by atoms with Crippen LogP contribution in [0.2, 0.25) is 0 Å². The maximum Gasteiger partial charge on any atom is 0.311 e. The third kappa shape index (κ3) is 12.3. The molecular weight excluding hydrogens is 815 g/mol. The average Bonchev–Trinajstić information content (AvgIpc) is 3.13. The molecule has 3 saturated heterocycles. The number of nitrogens with zero attached hydrogens (tertiary/aromatic N) is 1. The Morgan fingerprint density at radius 3 is 1.95 bits per heavy atom. The number of aliphatic hydroxyl groups is 4. The van der Waals surface area contributed by atoms with E-state index in [0.717, 1.165) is 6.42 Å². The predicted octanol–water partition coefficient (Wildman–Crippen LogP) is 3.87. The number of carbonyl (C=O) groups excluding carboxylic acids is 2. The minimum absolute atomic E-state index is 0. The van der Waals surface area contributed by atoms with Gasteiger partial charge in [0.2, 0.25) is 0 Å². The van der Waals surface area contributed by atoms with Crippen LogP contribution < -0.4 is 0 Å². The number of likely N-dealkylation sites (N-methyl/N-ethyl adjacent to an activating group) is 1. The van der Waals surface area contributed by atoms with E-state index in [9.17, 15) is 30.0 Å². The van der Waals surface area contributed by atoms with Gasteiger partial charge in [-0.05, 0) is 80.5 Å². The van der Waals surface area contributed by atoms with Crippen molar-refractivity contribution < 1.29 is 95.9 Å². The van der Waals surface area contributed by atoms with Gasteiger partial charge in [-0.15, -0.1) is 0 Å². The Bertz CT molecular complexity index is 1260. The van der Waals surface area contributed by atoms with Crippen LogP contribution in [0.25, 0.3) is 0 Å². The minimum atomic E-state index is -1.98. The molecular formula is C42H77NO13Y-2. The van der Waals surface area contributed by atoms with Crippen LogP contribution in [-0.2, 0) is 75.5 Å². The van der Waals surface area contributed by atoms with Gasteiger partial charge in [-0.1, -0.05) is 34.6 Å². The Morgan fingerprint density at radius 2 is 1.46 bits per heavy atom. The van der Waals surface area contributed by atoms with Crippen molar-refractivity contribution in [1.82, 2.24) is 4.90 Å². The van der Waals surface area contributed by atoms with E-state index in [4.69, 9.17) is 33.2 Å². The maximum atomic E-state index is 14.2. The summed E-state index contributed by atoms with van der Waals surface area (Å²) >= 11 is 0. The molecule has 0 amide bonds. The van der Waals surface area contributed by atoms with Crippen molar-refractivity contribution in [2.24, 2.45) is 23.7 Å². The number of ketones is 1. The van der Waals surface area contributed by atoms with Gasteiger partial charge in [0.05, 0.1) is 47.6 Å². The first-order valence-electron chi connectivity index (χ1n) is 20.3. The second-order valence-electron chi connectivity index (χ2n) is 17.5. The zero-order chi connectivity index (χ0) is 43.3. The van der Waals surface area contributed by atoms with Crippen molar-refractivity contribution in [3.63, 3.8) is 0 Å². The van der Waals surface area contributed by atoms with Crippen LogP contribution in [0.3, 0.4) is 0 Å². The first kappa shape index (κ1) is 54.8. The third-order valence-corrected chi connectivity index (χ3v) is 12.7. The molecule has 3 fully saturated rings. The van der Waals surface area contributed by atoms with Crippen LogP contribution in [0.1, 0.15) is 108 Å². The number of rotatable bonds is 8. The van der Waals surface area contributed by atoms with Crippen molar-refractivity contribution >= 4 is 11.8 Å². The van der Waals surface area contributed by atoms with Crippen LogP contribution >= 0.6 is 0 Å². The molecule has 0 aliphatic carbocycles. The molecule has 4 N–H and O–H groups in total. The monoisotopic (exact) mass is 892 g/mol. The topological polar surface area (TPSA) is 183 Å². The van der Waals surface area contributed by atoms with Gasteiger partial charge in [-0.3, -0.25) is 9.59 Å². The fourth-order valence-electron chi connectivity index (χ4n) is 8.64. The van der Waals surface area contributed by atoms with E-state index in [1.807, 2.05) is 39.8 Å². The maximum absolute atomic E-state index is 14.2. The molecule has 0 aromatic rings. The van der Waals surface area contributed by atoms with Gasteiger partial charge >= 0.3 is 5.97 Å². The Morgan fingerprint density at radius 1 is 0.895 bits per heavy atom. The Hall–Kier alpha value is -0.196. The van der Waals surface area contributed by atoms with E-state index in [0.29, 0.717) is 6.42 Å². The SMILES string of the molecule is [CH2-]C1(O)C(C)OC(OC2C(C)C(=O)O[C@H](CC)C(C)(O)C(O)C(C)C(=O)C(C)CC(C)(OC)C(OC3OC(C)CC(N(C)C)C3O)C2C)CC1(C)OC.[CH2-]CC.[Y]. The molecule has 15 heteroatoms. The van der Waals surface area contributed by atoms with E-state index < -0.39 is 101 Å². The van der Waals surface area contributed by atoms with Crippen LogP contribution in [0.4, 0.5) is 0 Å². The number of hydrogen-bond donors (Lipinski definition) is 4. The first-order chi connectivity index (χ1) is 25.7. The smallest absolute Gasteiger partial charge is 0.311 e. The number of Topliss-reactive ketones (excluding diaryl/α,β-unsaturated/α-hetero) is 1. The molecule has 3 rings (SSSR count). The Labute approximate surface area is 368 Å². The summed E-state index contributed by atoms with van der Waals surface area (Å²) < 4.78 is 44.0. The minimum Gasteiger partial charge on any atom is -0.459 e. The number of ether oxygens (including phenoxy) is 7. The second-order valence-corrected chi connectivity index (χ2v) is 17.5. The third-order valence-electron chi connectivity index (χ3n) is 12.7. The van der Waals surface area contributed by atoms with Crippen molar-refractivity contribution in [3.8, 4) is 0 Å². The molecule has 3 aliphatic heterocycles. The zero-order valence-corrected chi connectivity index (χ0v) is 40.4. The number of hydrogen-bond acceptors (Lipinski definition) is 14. The largest absolute Gasteiger partial charge is 0.459 e. The molecule has 1 radical (unpaired) electrons. The van der Waals surface area contributed by atoms with Gasteiger partial charge in [0.25, 0.3) is 0 Å². The standard InChI is InChI=1S/C39H70NO13.C3H7.Y/c1-16-27-38(10,45)32(43)22(4)29(41)20(2)18-36(8,47-14)33(53-35-30(42)26(40(12)13)17-21(3)49-35)23(5)31(24(6)34(44)51-27)52-28-19-37(9,48-15)39(11,46)25(7)50-28;1-3-2;/h20-28,30-33,35,42-43,45-46H,11,16-19H2,1-10,12-15H3;1,3H2,2H3;/q2*-1;/t20?,21?,22?,23?,24?,25?,26?,27-,28?,30?,31?,32?,33?,35?,36?,37?,38?,39?;;/m1../s1. The number of methoxy groups -OCH3 is 2. The molecule has 3 aliphatic rings. The normalized spacial score (nSPS) is 46.6.